The molecule has 2 aromatic rings. The maximum absolute atomic E-state index is 12.8. The van der Waals surface area contributed by atoms with E-state index in [1.807, 2.05) is 12.3 Å². The van der Waals surface area contributed by atoms with Gasteiger partial charge in [-0.3, -0.25) is 0 Å². The predicted molar refractivity (Wildman–Crippen MR) is 73.4 cm³/mol. The Morgan fingerprint density at radius 3 is 2.74 bits per heavy atom. The average Bonchev–Trinajstić information content (AvgIpc) is 3.16. The SMILES string of the molecule is C[C@H](C1CC1)n1nccc1NCc1ccc(F)cc1. The van der Waals surface area contributed by atoms with Crippen molar-refractivity contribution < 1.29 is 4.39 Å². The summed E-state index contributed by atoms with van der Waals surface area (Å²) in [6.07, 6.45) is 4.43. The van der Waals surface area contributed by atoms with Crippen LogP contribution in [0.2, 0.25) is 0 Å². The molecular formula is C15H18FN3. The van der Waals surface area contributed by atoms with E-state index in [0.717, 1.165) is 17.3 Å². The molecule has 1 aromatic carbocycles. The van der Waals surface area contributed by atoms with E-state index < -0.39 is 0 Å². The number of aromatic nitrogens is 2. The van der Waals surface area contributed by atoms with Gasteiger partial charge in [-0.05, 0) is 43.4 Å². The van der Waals surface area contributed by atoms with Crippen molar-refractivity contribution in [2.75, 3.05) is 5.32 Å². The van der Waals surface area contributed by atoms with Crippen LogP contribution >= 0.6 is 0 Å². The van der Waals surface area contributed by atoms with Crippen molar-refractivity contribution in [3.8, 4) is 0 Å². The first kappa shape index (κ1) is 12.2. The summed E-state index contributed by atoms with van der Waals surface area (Å²) in [7, 11) is 0. The Morgan fingerprint density at radius 2 is 2.05 bits per heavy atom. The van der Waals surface area contributed by atoms with E-state index in [-0.39, 0.29) is 5.82 Å². The average molecular weight is 259 g/mol. The van der Waals surface area contributed by atoms with Gasteiger partial charge >= 0.3 is 0 Å². The third-order valence-corrected chi connectivity index (χ3v) is 3.75. The number of benzene rings is 1. The van der Waals surface area contributed by atoms with Crippen LogP contribution in [0.15, 0.2) is 36.5 Å². The molecule has 0 radical (unpaired) electrons. The van der Waals surface area contributed by atoms with Crippen LogP contribution < -0.4 is 5.32 Å². The fraction of sp³-hybridized carbons (Fsp3) is 0.400. The molecule has 0 spiro atoms. The van der Waals surface area contributed by atoms with Crippen LogP contribution in [0.4, 0.5) is 10.2 Å². The molecule has 1 fully saturated rings. The molecule has 100 valence electrons. The van der Waals surface area contributed by atoms with Gasteiger partial charge in [0, 0.05) is 12.6 Å². The number of halogens is 1. The first-order chi connectivity index (χ1) is 9.24. The van der Waals surface area contributed by atoms with Crippen molar-refractivity contribution in [3.05, 3.63) is 47.9 Å². The van der Waals surface area contributed by atoms with E-state index in [1.54, 1.807) is 12.1 Å². The van der Waals surface area contributed by atoms with Gasteiger partial charge in [-0.2, -0.15) is 5.10 Å². The molecule has 19 heavy (non-hydrogen) atoms. The Bertz CT molecular complexity index is 543. The van der Waals surface area contributed by atoms with Crippen molar-refractivity contribution in [2.24, 2.45) is 5.92 Å². The molecule has 1 heterocycles. The number of nitrogens with zero attached hydrogens (tertiary/aromatic N) is 2. The second-order valence-electron chi connectivity index (χ2n) is 5.22. The Kier molecular flexibility index (Phi) is 3.23. The largest absolute Gasteiger partial charge is 0.366 e. The zero-order valence-corrected chi connectivity index (χ0v) is 11.0. The van der Waals surface area contributed by atoms with E-state index in [0.29, 0.717) is 12.6 Å². The van der Waals surface area contributed by atoms with Crippen molar-refractivity contribution >= 4 is 5.82 Å². The number of rotatable bonds is 5. The highest BCUT2D eigenvalue weighted by Gasteiger charge is 2.30. The lowest BCUT2D eigenvalue weighted by Gasteiger charge is -2.16. The summed E-state index contributed by atoms with van der Waals surface area (Å²) in [5.41, 5.74) is 1.06. The summed E-state index contributed by atoms with van der Waals surface area (Å²) in [5, 5.41) is 7.77. The van der Waals surface area contributed by atoms with Gasteiger partial charge in [0.1, 0.15) is 11.6 Å². The normalized spacial score (nSPS) is 16.3. The maximum atomic E-state index is 12.8. The van der Waals surface area contributed by atoms with Gasteiger partial charge < -0.3 is 5.32 Å². The molecule has 0 amide bonds. The van der Waals surface area contributed by atoms with E-state index in [9.17, 15) is 4.39 Å². The van der Waals surface area contributed by atoms with Crippen molar-refractivity contribution in [1.29, 1.82) is 0 Å². The predicted octanol–water partition coefficient (Wildman–Crippen LogP) is 3.61. The van der Waals surface area contributed by atoms with Gasteiger partial charge in [-0.25, -0.2) is 9.07 Å². The quantitative estimate of drug-likeness (QED) is 0.889. The van der Waals surface area contributed by atoms with Gasteiger partial charge in [0.15, 0.2) is 0 Å². The minimum atomic E-state index is -0.198. The number of anilines is 1. The number of nitrogens with one attached hydrogen (secondary N) is 1. The molecule has 0 saturated heterocycles. The van der Waals surface area contributed by atoms with Crippen LogP contribution in [0.1, 0.15) is 31.4 Å². The van der Waals surface area contributed by atoms with Crippen LogP contribution in [0.5, 0.6) is 0 Å². The van der Waals surface area contributed by atoms with Crippen molar-refractivity contribution in [3.63, 3.8) is 0 Å². The number of hydrogen-bond donors (Lipinski definition) is 1. The lowest BCUT2D eigenvalue weighted by atomic mass is 10.2. The zero-order valence-electron chi connectivity index (χ0n) is 11.0. The highest BCUT2D eigenvalue weighted by Crippen LogP contribution is 2.40. The van der Waals surface area contributed by atoms with Crippen LogP contribution in [-0.2, 0) is 6.54 Å². The molecular weight excluding hydrogens is 241 g/mol. The van der Waals surface area contributed by atoms with E-state index >= 15 is 0 Å². The van der Waals surface area contributed by atoms with Crippen LogP contribution in [0.25, 0.3) is 0 Å². The topological polar surface area (TPSA) is 29.9 Å². The third kappa shape index (κ3) is 2.78. The van der Waals surface area contributed by atoms with Gasteiger partial charge in [-0.15, -0.1) is 0 Å². The fourth-order valence-electron chi connectivity index (χ4n) is 2.35. The Morgan fingerprint density at radius 1 is 1.32 bits per heavy atom. The minimum absolute atomic E-state index is 0.198. The molecule has 1 N–H and O–H groups in total. The summed E-state index contributed by atoms with van der Waals surface area (Å²) >= 11 is 0. The van der Waals surface area contributed by atoms with Crippen LogP contribution in [0, 0.1) is 11.7 Å². The smallest absolute Gasteiger partial charge is 0.124 e. The Labute approximate surface area is 112 Å². The highest BCUT2D eigenvalue weighted by molar-refractivity contribution is 5.36. The van der Waals surface area contributed by atoms with Gasteiger partial charge in [0.2, 0.25) is 0 Å². The third-order valence-electron chi connectivity index (χ3n) is 3.75. The zero-order chi connectivity index (χ0) is 13.2. The molecule has 1 aliphatic carbocycles. The highest BCUT2D eigenvalue weighted by atomic mass is 19.1. The standard InChI is InChI=1S/C15H18FN3/c1-11(13-4-5-13)19-15(8-9-18-19)17-10-12-2-6-14(16)7-3-12/h2-3,6-9,11,13,17H,4-5,10H2,1H3/t11-/m1/s1. The van der Waals surface area contributed by atoms with E-state index in [1.165, 1.54) is 25.0 Å². The summed E-state index contributed by atoms with van der Waals surface area (Å²) in [5.74, 6) is 1.60. The molecule has 1 saturated carbocycles. The second kappa shape index (κ2) is 5.03. The summed E-state index contributed by atoms with van der Waals surface area (Å²) in [6, 6.07) is 9.01. The summed E-state index contributed by atoms with van der Waals surface area (Å²) in [6.45, 7) is 2.90. The monoisotopic (exact) mass is 259 g/mol. The Balaban J connectivity index is 1.66. The number of hydrogen-bond acceptors (Lipinski definition) is 2. The minimum Gasteiger partial charge on any atom is -0.366 e. The molecule has 3 rings (SSSR count). The summed E-state index contributed by atoms with van der Waals surface area (Å²) < 4.78 is 14.9. The molecule has 4 heteroatoms. The van der Waals surface area contributed by atoms with Crippen LogP contribution in [-0.4, -0.2) is 9.78 Å². The van der Waals surface area contributed by atoms with Crippen LogP contribution in [0.3, 0.4) is 0 Å². The molecule has 0 aliphatic heterocycles. The maximum Gasteiger partial charge on any atom is 0.124 e. The van der Waals surface area contributed by atoms with Gasteiger partial charge in [-0.1, -0.05) is 12.1 Å². The lowest BCUT2D eigenvalue weighted by molar-refractivity contribution is 0.444. The first-order valence-corrected chi connectivity index (χ1v) is 6.76. The lowest BCUT2D eigenvalue weighted by Crippen LogP contribution is -2.13. The molecule has 3 nitrogen and oxygen atoms in total. The van der Waals surface area contributed by atoms with E-state index in [2.05, 4.69) is 22.0 Å². The fourth-order valence-corrected chi connectivity index (χ4v) is 2.35. The van der Waals surface area contributed by atoms with E-state index in [4.69, 9.17) is 0 Å². The molecule has 1 atom stereocenters. The van der Waals surface area contributed by atoms with Gasteiger partial charge in [0.25, 0.3) is 0 Å². The second-order valence-corrected chi connectivity index (χ2v) is 5.22. The molecule has 1 aliphatic rings. The Hall–Kier alpha value is -1.84. The van der Waals surface area contributed by atoms with Gasteiger partial charge in [0.05, 0.1) is 12.2 Å². The molecule has 1 aromatic heterocycles. The van der Waals surface area contributed by atoms with Crippen molar-refractivity contribution in [1.82, 2.24) is 9.78 Å². The van der Waals surface area contributed by atoms with Crippen molar-refractivity contribution in [2.45, 2.75) is 32.4 Å². The molecule has 0 unspecified atom stereocenters. The summed E-state index contributed by atoms with van der Waals surface area (Å²) in [4.78, 5) is 0. The molecule has 0 bridgehead atoms. The first-order valence-electron chi connectivity index (χ1n) is 6.76.